The Balaban J connectivity index is 1.57. The van der Waals surface area contributed by atoms with Crippen molar-refractivity contribution >= 4 is 17.6 Å². The van der Waals surface area contributed by atoms with Crippen LogP contribution in [0, 0.1) is 11.3 Å². The molecule has 0 bridgehead atoms. The zero-order valence-corrected chi connectivity index (χ0v) is 14.4. The molecular formula is C21H14ClNO3. The number of carbonyl (C=O) groups is 1. The van der Waals surface area contributed by atoms with Crippen LogP contribution >= 0.6 is 11.6 Å². The quantitative estimate of drug-likeness (QED) is 0.479. The van der Waals surface area contributed by atoms with Crippen LogP contribution < -0.4 is 9.47 Å². The van der Waals surface area contributed by atoms with E-state index in [2.05, 4.69) is 6.07 Å². The zero-order valence-electron chi connectivity index (χ0n) is 13.7. The van der Waals surface area contributed by atoms with Gasteiger partial charge >= 0.3 is 5.97 Å². The van der Waals surface area contributed by atoms with Gasteiger partial charge in [-0.3, -0.25) is 0 Å². The van der Waals surface area contributed by atoms with Gasteiger partial charge in [-0.05, 0) is 59.7 Å². The Morgan fingerprint density at radius 1 is 0.846 bits per heavy atom. The lowest BCUT2D eigenvalue weighted by atomic mass is 10.0. The molecule has 26 heavy (non-hydrogen) atoms. The molecule has 5 heteroatoms. The predicted octanol–water partition coefficient (Wildman–Crippen LogP) is 4.86. The van der Waals surface area contributed by atoms with Crippen LogP contribution in [-0.2, 0) is 4.79 Å². The normalized spacial score (nSPS) is 10.0. The van der Waals surface area contributed by atoms with Crippen molar-refractivity contribution in [1.29, 1.82) is 5.26 Å². The Labute approximate surface area is 156 Å². The third kappa shape index (κ3) is 4.62. The van der Waals surface area contributed by atoms with Gasteiger partial charge in [0, 0.05) is 5.02 Å². The summed E-state index contributed by atoms with van der Waals surface area (Å²) in [6.07, 6.45) is 0. The van der Waals surface area contributed by atoms with Gasteiger partial charge in [0.2, 0.25) is 0 Å². The van der Waals surface area contributed by atoms with Crippen molar-refractivity contribution in [1.82, 2.24) is 0 Å². The van der Waals surface area contributed by atoms with Gasteiger partial charge in [0.25, 0.3) is 0 Å². The summed E-state index contributed by atoms with van der Waals surface area (Å²) in [6, 6.07) is 23.2. The summed E-state index contributed by atoms with van der Waals surface area (Å²) in [5, 5.41) is 9.43. The molecule has 0 aliphatic heterocycles. The second-order valence-electron chi connectivity index (χ2n) is 5.43. The summed E-state index contributed by atoms with van der Waals surface area (Å²) in [6.45, 7) is -0.195. The summed E-state index contributed by atoms with van der Waals surface area (Å²) in [5.74, 6) is 0.487. The van der Waals surface area contributed by atoms with Crippen molar-refractivity contribution in [2.45, 2.75) is 0 Å². The second-order valence-corrected chi connectivity index (χ2v) is 5.87. The molecule has 4 nitrogen and oxygen atoms in total. The first kappa shape index (κ1) is 17.5. The number of nitriles is 1. The van der Waals surface area contributed by atoms with E-state index >= 15 is 0 Å². The Morgan fingerprint density at radius 3 is 1.96 bits per heavy atom. The minimum atomic E-state index is -0.494. The number of halogens is 1. The summed E-state index contributed by atoms with van der Waals surface area (Å²) in [7, 11) is 0. The van der Waals surface area contributed by atoms with Crippen LogP contribution in [-0.4, -0.2) is 12.6 Å². The van der Waals surface area contributed by atoms with E-state index in [4.69, 9.17) is 26.3 Å². The molecule has 0 spiro atoms. The standard InChI is InChI=1S/C21H14ClNO3/c22-18-7-11-19(12-8-18)25-14-21(24)26-20-9-5-17(6-10-20)16-3-1-15(13-23)2-4-16/h1-12H,14H2. The zero-order chi connectivity index (χ0) is 18.4. The molecule has 0 aliphatic rings. The number of rotatable bonds is 5. The molecule has 128 valence electrons. The van der Waals surface area contributed by atoms with Crippen LogP contribution in [0.2, 0.25) is 5.02 Å². The summed E-state index contributed by atoms with van der Waals surface area (Å²) in [4.78, 5) is 11.9. The Morgan fingerprint density at radius 2 is 1.38 bits per heavy atom. The van der Waals surface area contributed by atoms with Gasteiger partial charge < -0.3 is 9.47 Å². The van der Waals surface area contributed by atoms with Crippen molar-refractivity contribution in [2.24, 2.45) is 0 Å². The van der Waals surface area contributed by atoms with Crippen LogP contribution in [0.15, 0.2) is 72.8 Å². The number of nitrogens with zero attached hydrogens (tertiary/aromatic N) is 1. The van der Waals surface area contributed by atoms with Gasteiger partial charge in [0.05, 0.1) is 11.6 Å². The molecule has 0 fully saturated rings. The second kappa shape index (κ2) is 8.19. The lowest BCUT2D eigenvalue weighted by Gasteiger charge is -2.08. The summed E-state index contributed by atoms with van der Waals surface area (Å²) in [5.41, 5.74) is 2.56. The van der Waals surface area contributed by atoms with Gasteiger partial charge in [0.1, 0.15) is 11.5 Å². The molecule has 0 atom stereocenters. The number of carbonyl (C=O) groups excluding carboxylic acids is 1. The van der Waals surface area contributed by atoms with E-state index in [1.807, 2.05) is 24.3 Å². The fourth-order valence-corrected chi connectivity index (χ4v) is 2.41. The maximum absolute atomic E-state index is 11.9. The average Bonchev–Trinajstić information content (AvgIpc) is 2.68. The lowest BCUT2D eigenvalue weighted by Crippen LogP contribution is -2.17. The fraction of sp³-hybridized carbons (Fsp3) is 0.0476. The van der Waals surface area contributed by atoms with Crippen molar-refractivity contribution in [3.63, 3.8) is 0 Å². The number of benzene rings is 3. The average molecular weight is 364 g/mol. The molecule has 0 aromatic heterocycles. The maximum atomic E-state index is 11.9. The van der Waals surface area contributed by atoms with Crippen molar-refractivity contribution in [3.05, 3.63) is 83.4 Å². The predicted molar refractivity (Wildman–Crippen MR) is 99.2 cm³/mol. The first-order chi connectivity index (χ1) is 12.6. The molecule has 0 saturated heterocycles. The highest BCUT2D eigenvalue weighted by molar-refractivity contribution is 6.30. The van der Waals surface area contributed by atoms with E-state index in [9.17, 15) is 4.79 Å². The van der Waals surface area contributed by atoms with E-state index in [1.165, 1.54) is 0 Å². The van der Waals surface area contributed by atoms with E-state index in [1.54, 1.807) is 48.5 Å². The van der Waals surface area contributed by atoms with Crippen molar-refractivity contribution in [2.75, 3.05) is 6.61 Å². The lowest BCUT2D eigenvalue weighted by molar-refractivity contribution is -0.136. The molecule has 3 aromatic carbocycles. The van der Waals surface area contributed by atoms with E-state index < -0.39 is 5.97 Å². The van der Waals surface area contributed by atoms with Gasteiger partial charge in [-0.2, -0.15) is 5.26 Å². The van der Waals surface area contributed by atoms with E-state index in [-0.39, 0.29) is 6.61 Å². The van der Waals surface area contributed by atoms with Gasteiger partial charge in [-0.25, -0.2) is 4.79 Å². The molecule has 0 N–H and O–H groups in total. The van der Waals surface area contributed by atoms with Crippen molar-refractivity contribution < 1.29 is 14.3 Å². The molecule has 3 aromatic rings. The van der Waals surface area contributed by atoms with Crippen molar-refractivity contribution in [3.8, 4) is 28.7 Å². The smallest absolute Gasteiger partial charge is 0.349 e. The largest absolute Gasteiger partial charge is 0.482 e. The molecular weight excluding hydrogens is 350 g/mol. The van der Waals surface area contributed by atoms with Gasteiger partial charge in [0.15, 0.2) is 6.61 Å². The Hall–Kier alpha value is -3.29. The first-order valence-corrected chi connectivity index (χ1v) is 8.21. The van der Waals surface area contributed by atoms with Gasteiger partial charge in [-0.15, -0.1) is 0 Å². The highest BCUT2D eigenvalue weighted by atomic mass is 35.5. The fourth-order valence-electron chi connectivity index (χ4n) is 2.29. The topological polar surface area (TPSA) is 59.3 Å². The number of esters is 1. The number of hydrogen-bond donors (Lipinski definition) is 0. The first-order valence-electron chi connectivity index (χ1n) is 7.84. The van der Waals surface area contributed by atoms with Crippen LogP contribution in [0.3, 0.4) is 0 Å². The van der Waals surface area contributed by atoms with E-state index in [0.717, 1.165) is 11.1 Å². The third-order valence-electron chi connectivity index (χ3n) is 3.60. The summed E-state index contributed by atoms with van der Waals surface area (Å²) < 4.78 is 10.6. The molecule has 0 heterocycles. The minimum absolute atomic E-state index is 0.195. The van der Waals surface area contributed by atoms with Crippen LogP contribution in [0.5, 0.6) is 11.5 Å². The number of ether oxygens (including phenoxy) is 2. The maximum Gasteiger partial charge on any atom is 0.349 e. The van der Waals surface area contributed by atoms with Crippen LogP contribution in [0.4, 0.5) is 0 Å². The minimum Gasteiger partial charge on any atom is -0.482 e. The molecule has 0 saturated carbocycles. The summed E-state index contributed by atoms with van der Waals surface area (Å²) >= 11 is 5.79. The van der Waals surface area contributed by atoms with Crippen LogP contribution in [0.25, 0.3) is 11.1 Å². The Kier molecular flexibility index (Phi) is 5.52. The molecule has 3 rings (SSSR count). The SMILES string of the molecule is N#Cc1ccc(-c2ccc(OC(=O)COc3ccc(Cl)cc3)cc2)cc1. The number of hydrogen-bond acceptors (Lipinski definition) is 4. The highest BCUT2D eigenvalue weighted by Crippen LogP contribution is 2.23. The molecule has 0 unspecified atom stereocenters. The molecule has 0 aliphatic carbocycles. The molecule has 0 amide bonds. The Bertz CT molecular complexity index is 927. The molecule has 0 radical (unpaired) electrons. The van der Waals surface area contributed by atoms with E-state index in [0.29, 0.717) is 22.1 Å². The van der Waals surface area contributed by atoms with Crippen LogP contribution in [0.1, 0.15) is 5.56 Å². The monoisotopic (exact) mass is 363 g/mol. The highest BCUT2D eigenvalue weighted by Gasteiger charge is 2.07. The van der Waals surface area contributed by atoms with Gasteiger partial charge in [-0.1, -0.05) is 35.9 Å². The third-order valence-corrected chi connectivity index (χ3v) is 3.86.